The molecule has 144 valence electrons. The van der Waals surface area contributed by atoms with Crippen molar-refractivity contribution < 1.29 is 19.1 Å². The van der Waals surface area contributed by atoms with Crippen LogP contribution in [0.5, 0.6) is 5.75 Å². The minimum absolute atomic E-state index is 0.0323. The molecule has 2 amide bonds. The van der Waals surface area contributed by atoms with Crippen molar-refractivity contribution >= 4 is 11.8 Å². The normalized spacial score (nSPS) is 15.3. The molecule has 0 bridgehead atoms. The van der Waals surface area contributed by atoms with Crippen LogP contribution in [-0.4, -0.2) is 54.5 Å². The Balaban J connectivity index is 1.45. The zero-order valence-corrected chi connectivity index (χ0v) is 15.5. The van der Waals surface area contributed by atoms with Crippen molar-refractivity contribution in [3.63, 3.8) is 0 Å². The van der Waals surface area contributed by atoms with Gasteiger partial charge in [0.25, 0.3) is 11.8 Å². The van der Waals surface area contributed by atoms with Crippen LogP contribution in [0, 0.1) is 6.92 Å². The molecule has 1 atom stereocenters. The first-order valence-electron chi connectivity index (χ1n) is 8.88. The minimum Gasteiger partial charge on any atom is -0.484 e. The molecule has 2 heterocycles. The molecule has 8 nitrogen and oxygen atoms in total. The Labute approximate surface area is 157 Å². The summed E-state index contributed by atoms with van der Waals surface area (Å²) < 4.78 is 12.2. The molecule has 0 saturated carbocycles. The number of amides is 2. The van der Waals surface area contributed by atoms with E-state index in [0.717, 1.165) is 11.3 Å². The monoisotopic (exact) mass is 372 g/mol. The Morgan fingerprint density at radius 3 is 2.93 bits per heavy atom. The van der Waals surface area contributed by atoms with Crippen LogP contribution in [0.25, 0.3) is 0 Å². The van der Waals surface area contributed by atoms with Gasteiger partial charge in [0.1, 0.15) is 11.4 Å². The standard InChI is InChI=1S/C19H24N4O4/c1-13-4-3-5-16(8-13)27-12-18(24)21-14-9-15-10-17(22-23(15)11-14)19(25)20-6-7-26-2/h3-5,8,10,14H,6-7,9,11-12H2,1-2H3,(H,20,25)(H,21,24)/t14-/m0/s1. The lowest BCUT2D eigenvalue weighted by Crippen LogP contribution is -2.39. The van der Waals surface area contributed by atoms with Crippen molar-refractivity contribution in [3.8, 4) is 5.75 Å². The molecule has 3 rings (SSSR count). The van der Waals surface area contributed by atoms with Gasteiger partial charge >= 0.3 is 0 Å². The fourth-order valence-corrected chi connectivity index (χ4v) is 2.99. The van der Waals surface area contributed by atoms with Crippen molar-refractivity contribution in [2.24, 2.45) is 0 Å². The summed E-state index contributed by atoms with van der Waals surface area (Å²) in [5.74, 6) is 0.277. The number of rotatable bonds is 8. The first kappa shape index (κ1) is 18.9. The lowest BCUT2D eigenvalue weighted by Gasteiger charge is -2.12. The van der Waals surface area contributed by atoms with Crippen LogP contribution in [0.1, 0.15) is 21.7 Å². The number of carbonyl (C=O) groups excluding carboxylic acids is 2. The zero-order valence-electron chi connectivity index (χ0n) is 15.5. The van der Waals surface area contributed by atoms with Crippen LogP contribution in [0.3, 0.4) is 0 Å². The number of hydrogen-bond acceptors (Lipinski definition) is 5. The topological polar surface area (TPSA) is 94.5 Å². The Morgan fingerprint density at radius 1 is 1.33 bits per heavy atom. The van der Waals surface area contributed by atoms with E-state index >= 15 is 0 Å². The molecule has 0 unspecified atom stereocenters. The summed E-state index contributed by atoms with van der Waals surface area (Å²) in [6.07, 6.45) is 0.633. The van der Waals surface area contributed by atoms with Crippen LogP contribution < -0.4 is 15.4 Å². The lowest BCUT2D eigenvalue weighted by atomic mass is 10.2. The van der Waals surface area contributed by atoms with Crippen LogP contribution >= 0.6 is 0 Å². The highest BCUT2D eigenvalue weighted by molar-refractivity contribution is 5.92. The van der Waals surface area contributed by atoms with Gasteiger partial charge in [-0.25, -0.2) is 0 Å². The second-order valence-corrected chi connectivity index (χ2v) is 6.53. The average molecular weight is 372 g/mol. The Morgan fingerprint density at radius 2 is 2.19 bits per heavy atom. The number of carbonyl (C=O) groups is 2. The third-order valence-electron chi connectivity index (χ3n) is 4.26. The van der Waals surface area contributed by atoms with Crippen molar-refractivity contribution in [1.82, 2.24) is 20.4 Å². The van der Waals surface area contributed by atoms with Crippen LogP contribution in [0.4, 0.5) is 0 Å². The van der Waals surface area contributed by atoms with Gasteiger partial charge in [-0.1, -0.05) is 12.1 Å². The molecule has 0 aliphatic carbocycles. The SMILES string of the molecule is COCCNC(=O)c1cc2n(n1)C[C@@H](NC(=O)COc1cccc(C)c1)C2. The summed E-state index contributed by atoms with van der Waals surface area (Å²) in [5, 5.41) is 10.00. The van der Waals surface area contributed by atoms with Crippen molar-refractivity contribution in [1.29, 1.82) is 0 Å². The maximum absolute atomic E-state index is 12.1. The van der Waals surface area contributed by atoms with Gasteiger partial charge in [0.05, 0.1) is 19.2 Å². The highest BCUT2D eigenvalue weighted by Gasteiger charge is 2.26. The summed E-state index contributed by atoms with van der Waals surface area (Å²) in [4.78, 5) is 24.1. The average Bonchev–Trinajstić information content (AvgIpc) is 3.19. The van der Waals surface area contributed by atoms with Gasteiger partial charge in [0.2, 0.25) is 0 Å². The van der Waals surface area contributed by atoms with E-state index in [1.807, 2.05) is 31.2 Å². The molecule has 1 aromatic carbocycles. The quantitative estimate of drug-likeness (QED) is 0.665. The van der Waals surface area contributed by atoms with Crippen molar-refractivity contribution in [2.75, 3.05) is 26.9 Å². The fraction of sp³-hybridized carbons (Fsp3) is 0.421. The van der Waals surface area contributed by atoms with E-state index in [9.17, 15) is 9.59 Å². The summed E-state index contributed by atoms with van der Waals surface area (Å²) in [6, 6.07) is 9.28. The maximum atomic E-state index is 12.1. The number of fused-ring (bicyclic) bond motifs is 1. The lowest BCUT2D eigenvalue weighted by molar-refractivity contribution is -0.123. The molecule has 0 fully saturated rings. The second kappa shape index (κ2) is 8.68. The van der Waals surface area contributed by atoms with E-state index in [1.54, 1.807) is 17.9 Å². The van der Waals surface area contributed by atoms with Crippen molar-refractivity contribution in [3.05, 3.63) is 47.3 Å². The minimum atomic E-state index is -0.221. The number of aryl methyl sites for hydroxylation is 1. The fourth-order valence-electron chi connectivity index (χ4n) is 2.99. The molecule has 1 aliphatic rings. The van der Waals surface area contributed by atoms with Crippen LogP contribution in [0.2, 0.25) is 0 Å². The van der Waals surface area contributed by atoms with Gasteiger partial charge in [-0.05, 0) is 30.7 Å². The van der Waals surface area contributed by atoms with Gasteiger partial charge in [-0.3, -0.25) is 14.3 Å². The highest BCUT2D eigenvalue weighted by atomic mass is 16.5. The predicted octanol–water partition coefficient (Wildman–Crippen LogP) is 0.688. The molecule has 27 heavy (non-hydrogen) atoms. The second-order valence-electron chi connectivity index (χ2n) is 6.53. The number of aromatic nitrogens is 2. The molecule has 0 spiro atoms. The molecule has 0 saturated heterocycles. The summed E-state index contributed by atoms with van der Waals surface area (Å²) >= 11 is 0. The molecule has 0 radical (unpaired) electrons. The van der Waals surface area contributed by atoms with E-state index in [0.29, 0.717) is 37.6 Å². The Bertz CT molecular complexity index is 794. The van der Waals surface area contributed by atoms with Gasteiger partial charge in [0, 0.05) is 25.8 Å². The molecular weight excluding hydrogens is 348 g/mol. The van der Waals surface area contributed by atoms with Gasteiger partial charge in [-0.2, -0.15) is 5.10 Å². The molecule has 2 N–H and O–H groups in total. The highest BCUT2D eigenvalue weighted by Crippen LogP contribution is 2.16. The smallest absolute Gasteiger partial charge is 0.271 e. The summed E-state index contributed by atoms with van der Waals surface area (Å²) in [5.41, 5.74) is 2.39. The third-order valence-corrected chi connectivity index (χ3v) is 4.26. The van der Waals surface area contributed by atoms with E-state index < -0.39 is 0 Å². The van der Waals surface area contributed by atoms with Crippen LogP contribution in [-0.2, 0) is 22.5 Å². The number of nitrogens with one attached hydrogen (secondary N) is 2. The number of benzene rings is 1. The molecule has 8 heteroatoms. The summed E-state index contributed by atoms with van der Waals surface area (Å²) in [6.45, 7) is 3.38. The maximum Gasteiger partial charge on any atom is 0.271 e. The zero-order chi connectivity index (χ0) is 19.2. The molecular formula is C19H24N4O4. The number of ether oxygens (including phenoxy) is 2. The van der Waals surface area contributed by atoms with Gasteiger partial charge in [-0.15, -0.1) is 0 Å². The van der Waals surface area contributed by atoms with E-state index in [-0.39, 0.29) is 24.5 Å². The van der Waals surface area contributed by atoms with E-state index in [1.165, 1.54) is 0 Å². The Hall–Kier alpha value is -2.87. The largest absolute Gasteiger partial charge is 0.484 e. The Kier molecular flexibility index (Phi) is 6.08. The molecule has 1 aromatic heterocycles. The van der Waals surface area contributed by atoms with Gasteiger partial charge in [0.15, 0.2) is 6.61 Å². The number of hydrogen-bond donors (Lipinski definition) is 2. The number of methoxy groups -OCH3 is 1. The van der Waals surface area contributed by atoms with E-state index in [4.69, 9.17) is 9.47 Å². The first-order valence-corrected chi connectivity index (χ1v) is 8.88. The third kappa shape index (κ3) is 5.07. The predicted molar refractivity (Wildman–Crippen MR) is 98.7 cm³/mol. The molecule has 1 aliphatic heterocycles. The van der Waals surface area contributed by atoms with Crippen molar-refractivity contribution in [2.45, 2.75) is 25.9 Å². The molecule has 2 aromatic rings. The van der Waals surface area contributed by atoms with Gasteiger partial charge < -0.3 is 20.1 Å². The summed E-state index contributed by atoms with van der Waals surface area (Å²) in [7, 11) is 1.58. The number of nitrogens with zero attached hydrogens (tertiary/aromatic N) is 2. The van der Waals surface area contributed by atoms with Crippen LogP contribution in [0.15, 0.2) is 30.3 Å². The first-order chi connectivity index (χ1) is 13.0. The van der Waals surface area contributed by atoms with E-state index in [2.05, 4.69) is 15.7 Å².